The van der Waals surface area contributed by atoms with Gasteiger partial charge in [0.05, 0.1) is 0 Å². The first-order valence-corrected chi connectivity index (χ1v) is 11.1. The van der Waals surface area contributed by atoms with E-state index in [1.165, 1.54) is 19.3 Å². The van der Waals surface area contributed by atoms with Crippen molar-refractivity contribution >= 4 is 17.5 Å². The predicted octanol–water partition coefficient (Wildman–Crippen LogP) is 3.64. The number of carbonyl (C=O) groups is 2. The normalized spacial score (nSPS) is 21.3. The van der Waals surface area contributed by atoms with Crippen LogP contribution in [0.4, 0.5) is 5.69 Å². The summed E-state index contributed by atoms with van der Waals surface area (Å²) in [5.41, 5.74) is 2.49. The van der Waals surface area contributed by atoms with Gasteiger partial charge in [-0.1, -0.05) is 42.8 Å². The summed E-state index contributed by atoms with van der Waals surface area (Å²) in [4.78, 5) is 30.5. The molecule has 2 unspecified atom stereocenters. The second-order valence-electron chi connectivity index (χ2n) is 8.42. The van der Waals surface area contributed by atoms with Crippen LogP contribution in [0.2, 0.25) is 0 Å². The number of fused-ring (bicyclic) bond motifs is 1. The SMILES string of the molecule is CC1CCCCN1CCCNC(=O)C1Cc2ccccc2N1C(=O)c1ccccc1. The third-order valence-electron chi connectivity index (χ3n) is 6.38. The largest absolute Gasteiger partial charge is 0.354 e. The van der Waals surface area contributed by atoms with Gasteiger partial charge in [-0.2, -0.15) is 0 Å². The zero-order chi connectivity index (χ0) is 20.9. The van der Waals surface area contributed by atoms with Crippen molar-refractivity contribution in [1.29, 1.82) is 0 Å². The molecule has 2 aromatic carbocycles. The van der Waals surface area contributed by atoms with Gasteiger partial charge in [-0.25, -0.2) is 0 Å². The fraction of sp³-hybridized carbons (Fsp3) is 0.440. The maximum atomic E-state index is 13.2. The molecule has 2 atom stereocenters. The number of amides is 2. The van der Waals surface area contributed by atoms with Gasteiger partial charge in [0, 0.05) is 36.8 Å². The molecule has 0 aromatic heterocycles. The Morgan fingerprint density at radius 1 is 1.03 bits per heavy atom. The molecule has 158 valence electrons. The number of nitrogens with one attached hydrogen (secondary N) is 1. The van der Waals surface area contributed by atoms with Gasteiger partial charge in [-0.05, 0) is 56.5 Å². The molecule has 1 fully saturated rings. The number of piperidine rings is 1. The second kappa shape index (κ2) is 9.43. The molecule has 30 heavy (non-hydrogen) atoms. The van der Waals surface area contributed by atoms with Crippen molar-refractivity contribution in [2.45, 2.75) is 51.1 Å². The third-order valence-corrected chi connectivity index (χ3v) is 6.38. The van der Waals surface area contributed by atoms with Crippen molar-refractivity contribution in [2.24, 2.45) is 0 Å². The summed E-state index contributed by atoms with van der Waals surface area (Å²) in [6, 6.07) is 17.2. The summed E-state index contributed by atoms with van der Waals surface area (Å²) in [6.07, 6.45) is 5.35. The van der Waals surface area contributed by atoms with Crippen LogP contribution in [0.1, 0.15) is 48.5 Å². The van der Waals surface area contributed by atoms with E-state index in [2.05, 4.69) is 17.1 Å². The monoisotopic (exact) mass is 405 g/mol. The number of carbonyl (C=O) groups excluding carboxylic acids is 2. The molecule has 5 heteroatoms. The maximum absolute atomic E-state index is 13.2. The summed E-state index contributed by atoms with van der Waals surface area (Å²) in [5.74, 6) is -0.190. The highest BCUT2D eigenvalue weighted by molar-refractivity contribution is 6.11. The molecular weight excluding hydrogens is 374 g/mol. The van der Waals surface area contributed by atoms with Crippen molar-refractivity contribution in [1.82, 2.24) is 10.2 Å². The number of nitrogens with zero attached hydrogens (tertiary/aromatic N) is 2. The van der Waals surface area contributed by atoms with Crippen LogP contribution in [0.25, 0.3) is 0 Å². The van der Waals surface area contributed by atoms with Crippen LogP contribution in [-0.2, 0) is 11.2 Å². The Bertz CT molecular complexity index is 883. The highest BCUT2D eigenvalue weighted by atomic mass is 16.2. The quantitative estimate of drug-likeness (QED) is 0.747. The Morgan fingerprint density at radius 2 is 1.80 bits per heavy atom. The van der Waals surface area contributed by atoms with E-state index < -0.39 is 6.04 Å². The van der Waals surface area contributed by atoms with Gasteiger partial charge in [-0.15, -0.1) is 0 Å². The van der Waals surface area contributed by atoms with E-state index in [1.54, 1.807) is 17.0 Å². The van der Waals surface area contributed by atoms with E-state index >= 15 is 0 Å². The summed E-state index contributed by atoms with van der Waals surface area (Å²) in [6.45, 7) is 5.11. The number of para-hydroxylation sites is 1. The maximum Gasteiger partial charge on any atom is 0.259 e. The Labute approximate surface area is 179 Å². The zero-order valence-electron chi connectivity index (χ0n) is 17.7. The highest BCUT2D eigenvalue weighted by Gasteiger charge is 2.38. The topological polar surface area (TPSA) is 52.7 Å². The lowest BCUT2D eigenvalue weighted by Gasteiger charge is -2.33. The molecule has 0 spiro atoms. The Kier molecular flexibility index (Phi) is 6.48. The first-order chi connectivity index (χ1) is 14.6. The number of anilines is 1. The number of likely N-dealkylation sites (tertiary alicyclic amines) is 1. The van der Waals surface area contributed by atoms with E-state index in [-0.39, 0.29) is 11.8 Å². The lowest BCUT2D eigenvalue weighted by atomic mass is 10.0. The van der Waals surface area contributed by atoms with Crippen LogP contribution in [0.5, 0.6) is 0 Å². The van der Waals surface area contributed by atoms with Gasteiger partial charge < -0.3 is 10.2 Å². The minimum Gasteiger partial charge on any atom is -0.354 e. The van der Waals surface area contributed by atoms with Gasteiger partial charge in [0.15, 0.2) is 0 Å². The van der Waals surface area contributed by atoms with Crippen molar-refractivity contribution in [3.63, 3.8) is 0 Å². The fourth-order valence-corrected chi connectivity index (χ4v) is 4.67. The van der Waals surface area contributed by atoms with E-state index in [1.807, 2.05) is 42.5 Å². The average molecular weight is 406 g/mol. The highest BCUT2D eigenvalue weighted by Crippen LogP contribution is 2.33. The lowest BCUT2D eigenvalue weighted by molar-refractivity contribution is -0.122. The van der Waals surface area contributed by atoms with Gasteiger partial charge >= 0.3 is 0 Å². The molecule has 0 aliphatic carbocycles. The van der Waals surface area contributed by atoms with Crippen molar-refractivity contribution < 1.29 is 9.59 Å². The van der Waals surface area contributed by atoms with Gasteiger partial charge in [0.1, 0.15) is 6.04 Å². The molecule has 1 N–H and O–H groups in total. The molecular formula is C25H31N3O2. The molecule has 2 aliphatic heterocycles. The predicted molar refractivity (Wildman–Crippen MR) is 120 cm³/mol. The molecule has 2 amide bonds. The van der Waals surface area contributed by atoms with E-state index in [4.69, 9.17) is 0 Å². The van der Waals surface area contributed by atoms with Gasteiger partial charge in [0.2, 0.25) is 5.91 Å². The third kappa shape index (κ3) is 4.41. The first-order valence-electron chi connectivity index (χ1n) is 11.1. The van der Waals surface area contributed by atoms with Crippen molar-refractivity contribution in [3.05, 3.63) is 65.7 Å². The Hall–Kier alpha value is -2.66. The smallest absolute Gasteiger partial charge is 0.259 e. The van der Waals surface area contributed by atoms with Crippen LogP contribution >= 0.6 is 0 Å². The minimum absolute atomic E-state index is 0.0674. The first kappa shape index (κ1) is 20.6. The molecule has 4 rings (SSSR count). The van der Waals surface area contributed by atoms with E-state index in [0.29, 0.717) is 24.6 Å². The van der Waals surface area contributed by atoms with Gasteiger partial charge in [-0.3, -0.25) is 14.5 Å². The molecule has 0 saturated carbocycles. The van der Waals surface area contributed by atoms with E-state index in [9.17, 15) is 9.59 Å². The lowest BCUT2D eigenvalue weighted by Crippen LogP contribution is -2.48. The molecule has 1 saturated heterocycles. The van der Waals surface area contributed by atoms with Gasteiger partial charge in [0.25, 0.3) is 5.91 Å². The molecule has 0 radical (unpaired) electrons. The minimum atomic E-state index is -0.496. The van der Waals surface area contributed by atoms with Crippen molar-refractivity contribution in [3.8, 4) is 0 Å². The van der Waals surface area contributed by atoms with Crippen LogP contribution in [-0.4, -0.2) is 48.4 Å². The number of hydrogen-bond acceptors (Lipinski definition) is 3. The fourth-order valence-electron chi connectivity index (χ4n) is 4.67. The number of benzene rings is 2. The standard InChI is InChI=1S/C25H31N3O2/c1-19-10-7-8-16-27(19)17-9-15-26-24(29)23-18-21-13-5-6-14-22(21)28(23)25(30)20-11-3-2-4-12-20/h2-6,11-14,19,23H,7-10,15-18H2,1H3,(H,26,29). The Balaban J connectivity index is 1.40. The molecule has 0 bridgehead atoms. The average Bonchev–Trinajstić information content (AvgIpc) is 3.17. The van der Waals surface area contributed by atoms with Crippen LogP contribution in [0.15, 0.2) is 54.6 Å². The van der Waals surface area contributed by atoms with Crippen LogP contribution < -0.4 is 10.2 Å². The Morgan fingerprint density at radius 3 is 2.60 bits per heavy atom. The second-order valence-corrected chi connectivity index (χ2v) is 8.42. The van der Waals surface area contributed by atoms with E-state index in [0.717, 1.165) is 30.8 Å². The summed E-state index contributed by atoms with van der Waals surface area (Å²) < 4.78 is 0. The van der Waals surface area contributed by atoms with Crippen molar-refractivity contribution in [2.75, 3.05) is 24.5 Å². The zero-order valence-corrected chi connectivity index (χ0v) is 17.7. The molecule has 2 heterocycles. The van der Waals surface area contributed by atoms with Crippen LogP contribution in [0, 0.1) is 0 Å². The van der Waals surface area contributed by atoms with Crippen LogP contribution in [0.3, 0.4) is 0 Å². The summed E-state index contributed by atoms with van der Waals surface area (Å²) in [7, 11) is 0. The molecule has 2 aromatic rings. The number of hydrogen-bond donors (Lipinski definition) is 1. The summed E-state index contributed by atoms with van der Waals surface area (Å²) >= 11 is 0. The molecule has 2 aliphatic rings. The number of rotatable bonds is 6. The molecule has 5 nitrogen and oxygen atoms in total. The summed E-state index contributed by atoms with van der Waals surface area (Å²) in [5, 5.41) is 3.09.